The second-order valence-electron chi connectivity index (χ2n) is 4.89. The number of ether oxygens (including phenoxy) is 2. The summed E-state index contributed by atoms with van der Waals surface area (Å²) in [5.74, 6) is -0.787. The Hall–Kier alpha value is -1.64. The van der Waals surface area contributed by atoms with Crippen LogP contribution in [-0.4, -0.2) is 12.7 Å². The van der Waals surface area contributed by atoms with Crippen LogP contribution in [0.3, 0.4) is 0 Å². The summed E-state index contributed by atoms with van der Waals surface area (Å²) < 4.78 is 11.9. The summed E-state index contributed by atoms with van der Waals surface area (Å²) in [5, 5.41) is 2.41. The lowest BCUT2D eigenvalue weighted by molar-refractivity contribution is -0.136. The molecule has 0 spiro atoms. The lowest BCUT2D eigenvalue weighted by Gasteiger charge is -2.25. The average molecular weight is 254 g/mol. The fourth-order valence-electron chi connectivity index (χ4n) is 2.52. The predicted molar refractivity (Wildman–Crippen MR) is 76.9 cm³/mol. The molecule has 0 N–H and O–H groups in total. The zero-order chi connectivity index (χ0) is 13.3. The third-order valence-corrected chi connectivity index (χ3v) is 3.70. The Morgan fingerprint density at radius 2 is 2.05 bits per heavy atom. The molecular formula is C17H18O2. The molecule has 0 saturated carbocycles. The molecule has 1 saturated heterocycles. The van der Waals surface area contributed by atoms with Crippen molar-refractivity contribution in [2.24, 2.45) is 0 Å². The van der Waals surface area contributed by atoms with E-state index in [1.54, 1.807) is 6.08 Å². The smallest absolute Gasteiger partial charge is 0.215 e. The van der Waals surface area contributed by atoms with Gasteiger partial charge in [0.15, 0.2) is 0 Å². The maximum atomic E-state index is 6.04. The van der Waals surface area contributed by atoms with E-state index in [2.05, 4.69) is 43.8 Å². The Bertz CT molecular complexity index is 605. The summed E-state index contributed by atoms with van der Waals surface area (Å²) in [6.07, 6.45) is 2.85. The third-order valence-electron chi connectivity index (χ3n) is 3.70. The molecule has 1 aliphatic rings. The Morgan fingerprint density at radius 1 is 1.26 bits per heavy atom. The van der Waals surface area contributed by atoms with Gasteiger partial charge in [0, 0.05) is 5.56 Å². The Morgan fingerprint density at radius 3 is 2.74 bits per heavy atom. The summed E-state index contributed by atoms with van der Waals surface area (Å²) >= 11 is 0. The highest BCUT2D eigenvalue weighted by Crippen LogP contribution is 2.37. The molecule has 2 heteroatoms. The van der Waals surface area contributed by atoms with Crippen LogP contribution in [0.25, 0.3) is 10.8 Å². The predicted octanol–water partition coefficient (Wildman–Crippen LogP) is 4.00. The summed E-state index contributed by atoms with van der Waals surface area (Å²) in [6, 6.07) is 14.6. The van der Waals surface area contributed by atoms with Gasteiger partial charge in [-0.2, -0.15) is 0 Å². The molecular weight excluding hydrogens is 236 g/mol. The molecule has 0 aliphatic carbocycles. The molecule has 2 aromatic carbocycles. The number of rotatable bonds is 3. The highest BCUT2D eigenvalue weighted by Gasteiger charge is 2.40. The van der Waals surface area contributed by atoms with E-state index in [-0.39, 0.29) is 6.10 Å². The Balaban J connectivity index is 2.04. The van der Waals surface area contributed by atoms with Crippen molar-refractivity contribution in [2.45, 2.75) is 25.2 Å². The van der Waals surface area contributed by atoms with Crippen LogP contribution in [0.15, 0.2) is 55.1 Å². The molecule has 2 nitrogen and oxygen atoms in total. The van der Waals surface area contributed by atoms with E-state index in [1.165, 1.54) is 10.8 Å². The summed E-state index contributed by atoms with van der Waals surface area (Å²) in [6.45, 7) is 6.62. The molecule has 1 heterocycles. The van der Waals surface area contributed by atoms with Gasteiger partial charge in [0.2, 0.25) is 5.79 Å². The maximum Gasteiger partial charge on any atom is 0.215 e. The fraction of sp³-hybridized carbons (Fsp3) is 0.294. The van der Waals surface area contributed by atoms with Gasteiger partial charge >= 0.3 is 0 Å². The van der Waals surface area contributed by atoms with E-state index < -0.39 is 5.79 Å². The van der Waals surface area contributed by atoms with E-state index in [0.717, 1.165) is 12.0 Å². The molecule has 1 fully saturated rings. The summed E-state index contributed by atoms with van der Waals surface area (Å²) in [7, 11) is 0. The van der Waals surface area contributed by atoms with Crippen molar-refractivity contribution in [3.63, 3.8) is 0 Å². The van der Waals surface area contributed by atoms with Crippen LogP contribution in [0, 0.1) is 0 Å². The standard InChI is InChI=1S/C17H18O2/c1-3-16-12-18-17(4-2,19-16)15-10-9-13-7-5-6-8-14(13)11-15/h4-11,16H,2-3,12H2,1H3/t16-,17-/m1/s1. The molecule has 0 bridgehead atoms. The lowest BCUT2D eigenvalue weighted by atomic mass is 10.0. The molecule has 2 aromatic rings. The maximum absolute atomic E-state index is 6.04. The van der Waals surface area contributed by atoms with Crippen molar-refractivity contribution in [3.8, 4) is 0 Å². The summed E-state index contributed by atoms with van der Waals surface area (Å²) in [5.41, 5.74) is 1.01. The molecule has 3 rings (SSSR count). The van der Waals surface area contributed by atoms with Gasteiger partial charge in [-0.3, -0.25) is 0 Å². The Kier molecular flexibility index (Phi) is 3.13. The van der Waals surface area contributed by atoms with Crippen molar-refractivity contribution in [3.05, 3.63) is 60.7 Å². The molecule has 0 aromatic heterocycles. The van der Waals surface area contributed by atoms with Crippen molar-refractivity contribution >= 4 is 10.8 Å². The first-order valence-electron chi connectivity index (χ1n) is 6.72. The van der Waals surface area contributed by atoms with Gasteiger partial charge in [0.05, 0.1) is 12.7 Å². The largest absolute Gasteiger partial charge is 0.340 e. The molecule has 0 radical (unpaired) electrons. The molecule has 1 aliphatic heterocycles. The molecule has 19 heavy (non-hydrogen) atoms. The van der Waals surface area contributed by atoms with Gasteiger partial charge in [-0.15, -0.1) is 0 Å². The van der Waals surface area contributed by atoms with Crippen molar-refractivity contribution in [2.75, 3.05) is 6.61 Å². The molecule has 0 unspecified atom stereocenters. The number of hydrogen-bond donors (Lipinski definition) is 0. The van der Waals surface area contributed by atoms with Crippen LogP contribution in [-0.2, 0) is 15.3 Å². The monoisotopic (exact) mass is 254 g/mol. The number of benzene rings is 2. The number of fused-ring (bicyclic) bond motifs is 1. The van der Waals surface area contributed by atoms with Crippen LogP contribution >= 0.6 is 0 Å². The zero-order valence-electron chi connectivity index (χ0n) is 11.1. The second kappa shape index (κ2) is 4.80. The minimum absolute atomic E-state index is 0.143. The van der Waals surface area contributed by atoms with Gasteiger partial charge in [-0.05, 0) is 29.3 Å². The number of hydrogen-bond acceptors (Lipinski definition) is 2. The molecule has 98 valence electrons. The summed E-state index contributed by atoms with van der Waals surface area (Å²) in [4.78, 5) is 0. The van der Waals surface area contributed by atoms with Crippen LogP contribution in [0.1, 0.15) is 18.9 Å². The van der Waals surface area contributed by atoms with E-state index in [9.17, 15) is 0 Å². The van der Waals surface area contributed by atoms with E-state index in [4.69, 9.17) is 9.47 Å². The van der Waals surface area contributed by atoms with Crippen molar-refractivity contribution < 1.29 is 9.47 Å². The topological polar surface area (TPSA) is 18.5 Å². The van der Waals surface area contributed by atoms with Gasteiger partial charge in [-0.1, -0.05) is 49.9 Å². The van der Waals surface area contributed by atoms with Crippen LogP contribution < -0.4 is 0 Å². The van der Waals surface area contributed by atoms with E-state index in [1.807, 2.05) is 12.1 Å². The third kappa shape index (κ3) is 2.07. The van der Waals surface area contributed by atoms with E-state index in [0.29, 0.717) is 6.61 Å². The van der Waals surface area contributed by atoms with E-state index >= 15 is 0 Å². The van der Waals surface area contributed by atoms with Crippen LogP contribution in [0.5, 0.6) is 0 Å². The lowest BCUT2D eigenvalue weighted by Crippen LogP contribution is -2.25. The first-order valence-corrected chi connectivity index (χ1v) is 6.72. The van der Waals surface area contributed by atoms with Gasteiger partial charge in [0.1, 0.15) is 0 Å². The van der Waals surface area contributed by atoms with Crippen molar-refractivity contribution in [1.82, 2.24) is 0 Å². The van der Waals surface area contributed by atoms with Gasteiger partial charge < -0.3 is 9.47 Å². The normalized spacial score (nSPS) is 26.7. The molecule has 0 amide bonds. The van der Waals surface area contributed by atoms with Gasteiger partial charge in [-0.25, -0.2) is 0 Å². The minimum Gasteiger partial charge on any atom is -0.340 e. The van der Waals surface area contributed by atoms with Crippen LogP contribution in [0.4, 0.5) is 0 Å². The second-order valence-corrected chi connectivity index (χ2v) is 4.89. The minimum atomic E-state index is -0.787. The highest BCUT2D eigenvalue weighted by atomic mass is 16.7. The van der Waals surface area contributed by atoms with Gasteiger partial charge in [0.25, 0.3) is 0 Å². The quantitative estimate of drug-likeness (QED) is 0.771. The SMILES string of the molecule is C=C[C@@]1(c2ccc3ccccc3c2)OC[C@@H](CC)O1. The fourth-order valence-corrected chi connectivity index (χ4v) is 2.52. The first-order chi connectivity index (χ1) is 9.27. The van der Waals surface area contributed by atoms with Crippen LogP contribution in [0.2, 0.25) is 0 Å². The molecule has 2 atom stereocenters. The zero-order valence-corrected chi connectivity index (χ0v) is 11.1. The first kappa shape index (κ1) is 12.4. The highest BCUT2D eigenvalue weighted by molar-refractivity contribution is 5.83. The van der Waals surface area contributed by atoms with Crippen molar-refractivity contribution in [1.29, 1.82) is 0 Å². The average Bonchev–Trinajstić information content (AvgIpc) is 2.92. The Labute approximate surface area is 113 Å².